The second-order valence-electron chi connectivity index (χ2n) is 6.47. The van der Waals surface area contributed by atoms with Gasteiger partial charge in [-0.1, -0.05) is 49.3 Å². The standard InChI is InChI=1S/C21H25N3O2S/c1-3-6-18-22-20(26-24-18)13-12-19(25)23-21(17-7-5-14-27-17)16-10-8-15(4-2)9-11-16/h5,7-11,14,21H,3-4,6,12-13H2,1-2H3,(H,23,25). The fraction of sp³-hybridized carbons (Fsp3) is 0.381. The van der Waals surface area contributed by atoms with Crippen molar-refractivity contribution in [3.63, 3.8) is 0 Å². The minimum Gasteiger partial charge on any atom is -0.344 e. The topological polar surface area (TPSA) is 68.0 Å². The van der Waals surface area contributed by atoms with Gasteiger partial charge in [-0.2, -0.15) is 4.98 Å². The summed E-state index contributed by atoms with van der Waals surface area (Å²) in [5.74, 6) is 1.21. The maximum absolute atomic E-state index is 12.6. The van der Waals surface area contributed by atoms with E-state index in [1.807, 2.05) is 11.4 Å². The molecule has 6 heteroatoms. The third-order valence-corrected chi connectivity index (χ3v) is 5.34. The molecule has 0 radical (unpaired) electrons. The maximum atomic E-state index is 12.6. The minimum atomic E-state index is -0.137. The molecule has 5 nitrogen and oxygen atoms in total. The summed E-state index contributed by atoms with van der Waals surface area (Å²) < 4.78 is 5.22. The van der Waals surface area contributed by atoms with E-state index in [0.717, 1.165) is 29.7 Å². The van der Waals surface area contributed by atoms with Gasteiger partial charge in [0.25, 0.3) is 0 Å². The minimum absolute atomic E-state index is 0.0248. The van der Waals surface area contributed by atoms with Crippen molar-refractivity contribution in [2.45, 2.75) is 52.0 Å². The molecular weight excluding hydrogens is 358 g/mol. The van der Waals surface area contributed by atoms with E-state index in [-0.39, 0.29) is 11.9 Å². The number of hydrogen-bond acceptors (Lipinski definition) is 5. The molecule has 0 aliphatic heterocycles. The number of thiophene rings is 1. The van der Waals surface area contributed by atoms with Crippen LogP contribution in [0.5, 0.6) is 0 Å². The van der Waals surface area contributed by atoms with E-state index in [0.29, 0.717) is 24.6 Å². The predicted molar refractivity (Wildman–Crippen MR) is 107 cm³/mol. The quantitative estimate of drug-likeness (QED) is 0.591. The van der Waals surface area contributed by atoms with Gasteiger partial charge in [0.2, 0.25) is 11.8 Å². The van der Waals surface area contributed by atoms with Crippen molar-refractivity contribution < 1.29 is 9.32 Å². The SMILES string of the molecule is CCCc1noc(CCC(=O)NC(c2ccc(CC)cc2)c2cccs2)n1. The van der Waals surface area contributed by atoms with E-state index in [2.05, 4.69) is 59.6 Å². The molecule has 2 aromatic heterocycles. The lowest BCUT2D eigenvalue weighted by Gasteiger charge is -2.18. The Morgan fingerprint density at radius 3 is 2.67 bits per heavy atom. The van der Waals surface area contributed by atoms with E-state index in [1.165, 1.54) is 5.56 Å². The summed E-state index contributed by atoms with van der Waals surface area (Å²) in [4.78, 5) is 18.0. The molecule has 0 saturated heterocycles. The van der Waals surface area contributed by atoms with E-state index < -0.39 is 0 Å². The van der Waals surface area contributed by atoms with Gasteiger partial charge in [0.1, 0.15) is 0 Å². The van der Waals surface area contributed by atoms with Crippen molar-refractivity contribution in [3.8, 4) is 0 Å². The number of carbonyl (C=O) groups is 1. The van der Waals surface area contributed by atoms with Crippen LogP contribution in [-0.4, -0.2) is 16.0 Å². The van der Waals surface area contributed by atoms with Gasteiger partial charge in [-0.15, -0.1) is 11.3 Å². The third kappa shape index (κ3) is 5.26. The number of aromatic nitrogens is 2. The van der Waals surface area contributed by atoms with Crippen LogP contribution in [0.4, 0.5) is 0 Å². The molecule has 142 valence electrons. The van der Waals surface area contributed by atoms with Crippen molar-refractivity contribution in [1.82, 2.24) is 15.5 Å². The molecule has 0 aliphatic carbocycles. The number of hydrogen-bond donors (Lipinski definition) is 1. The van der Waals surface area contributed by atoms with Crippen LogP contribution in [0.1, 0.15) is 60.5 Å². The van der Waals surface area contributed by atoms with Crippen molar-refractivity contribution >= 4 is 17.2 Å². The Balaban J connectivity index is 1.65. The molecule has 1 aromatic carbocycles. The van der Waals surface area contributed by atoms with Crippen LogP contribution in [0.2, 0.25) is 0 Å². The van der Waals surface area contributed by atoms with Crippen molar-refractivity contribution in [2.75, 3.05) is 0 Å². The van der Waals surface area contributed by atoms with Crippen LogP contribution in [0.25, 0.3) is 0 Å². The highest BCUT2D eigenvalue weighted by molar-refractivity contribution is 7.10. The molecule has 1 unspecified atom stereocenters. The van der Waals surface area contributed by atoms with Crippen molar-refractivity contribution in [2.24, 2.45) is 0 Å². The molecule has 1 amide bonds. The molecule has 1 N–H and O–H groups in total. The zero-order valence-corrected chi connectivity index (χ0v) is 16.6. The summed E-state index contributed by atoms with van der Waals surface area (Å²) in [7, 11) is 0. The number of carbonyl (C=O) groups excluding carboxylic acids is 1. The third-order valence-electron chi connectivity index (χ3n) is 4.40. The van der Waals surface area contributed by atoms with Gasteiger partial charge in [0.05, 0.1) is 6.04 Å². The van der Waals surface area contributed by atoms with Crippen LogP contribution in [-0.2, 0) is 24.1 Å². The molecule has 0 fully saturated rings. The van der Waals surface area contributed by atoms with Crippen LogP contribution in [0, 0.1) is 0 Å². The Hall–Kier alpha value is -2.47. The molecule has 0 spiro atoms. The number of benzene rings is 1. The molecule has 3 aromatic rings. The van der Waals surface area contributed by atoms with Gasteiger partial charge < -0.3 is 9.84 Å². The molecule has 0 bridgehead atoms. The van der Waals surface area contributed by atoms with E-state index in [1.54, 1.807) is 11.3 Å². The highest BCUT2D eigenvalue weighted by atomic mass is 32.1. The summed E-state index contributed by atoms with van der Waals surface area (Å²) >= 11 is 1.65. The molecule has 27 heavy (non-hydrogen) atoms. The first-order valence-electron chi connectivity index (χ1n) is 9.42. The highest BCUT2D eigenvalue weighted by Gasteiger charge is 2.18. The fourth-order valence-corrected chi connectivity index (χ4v) is 3.69. The van der Waals surface area contributed by atoms with Gasteiger partial charge >= 0.3 is 0 Å². The Morgan fingerprint density at radius 2 is 2.00 bits per heavy atom. The number of nitrogens with one attached hydrogen (secondary N) is 1. The van der Waals surface area contributed by atoms with Crippen molar-refractivity contribution in [1.29, 1.82) is 0 Å². The van der Waals surface area contributed by atoms with Crippen LogP contribution >= 0.6 is 11.3 Å². The highest BCUT2D eigenvalue weighted by Crippen LogP contribution is 2.26. The van der Waals surface area contributed by atoms with Gasteiger partial charge in [-0.05, 0) is 35.4 Å². The normalized spacial score (nSPS) is 12.1. The summed E-state index contributed by atoms with van der Waals surface area (Å²) in [6.07, 6.45) is 3.54. The number of nitrogens with zero attached hydrogens (tertiary/aromatic N) is 2. The van der Waals surface area contributed by atoms with Crippen LogP contribution < -0.4 is 5.32 Å². The van der Waals surface area contributed by atoms with Gasteiger partial charge in [-0.25, -0.2) is 0 Å². The Morgan fingerprint density at radius 1 is 1.19 bits per heavy atom. The molecule has 2 heterocycles. The molecule has 0 aliphatic rings. The van der Waals surface area contributed by atoms with Crippen molar-refractivity contribution in [3.05, 3.63) is 69.5 Å². The summed E-state index contributed by atoms with van der Waals surface area (Å²) in [5.41, 5.74) is 2.38. The second-order valence-corrected chi connectivity index (χ2v) is 7.44. The van der Waals surface area contributed by atoms with E-state index in [9.17, 15) is 4.79 Å². The number of aryl methyl sites for hydroxylation is 3. The van der Waals surface area contributed by atoms with E-state index >= 15 is 0 Å². The first-order chi connectivity index (χ1) is 13.2. The lowest BCUT2D eigenvalue weighted by molar-refractivity contribution is -0.121. The van der Waals surface area contributed by atoms with Gasteiger partial charge in [0, 0.05) is 24.1 Å². The fourth-order valence-electron chi connectivity index (χ4n) is 2.89. The lowest BCUT2D eigenvalue weighted by atomic mass is 10.0. The Labute approximate surface area is 163 Å². The zero-order valence-electron chi connectivity index (χ0n) is 15.8. The summed E-state index contributed by atoms with van der Waals surface area (Å²) in [5, 5.41) is 9.12. The van der Waals surface area contributed by atoms with Crippen LogP contribution in [0.3, 0.4) is 0 Å². The average molecular weight is 384 g/mol. The Kier molecular flexibility index (Phi) is 6.76. The lowest BCUT2D eigenvalue weighted by Crippen LogP contribution is -2.29. The van der Waals surface area contributed by atoms with Gasteiger partial charge in [0.15, 0.2) is 5.82 Å². The molecule has 1 atom stereocenters. The first kappa shape index (κ1) is 19.3. The van der Waals surface area contributed by atoms with Crippen LogP contribution in [0.15, 0.2) is 46.3 Å². The smallest absolute Gasteiger partial charge is 0.227 e. The maximum Gasteiger partial charge on any atom is 0.227 e. The monoisotopic (exact) mass is 383 g/mol. The second kappa shape index (κ2) is 9.46. The molecular formula is C21H25N3O2S. The summed E-state index contributed by atoms with van der Waals surface area (Å²) in [6.45, 7) is 4.21. The van der Waals surface area contributed by atoms with E-state index in [4.69, 9.17) is 4.52 Å². The predicted octanol–water partition coefficient (Wildman–Crippen LogP) is 4.48. The first-order valence-corrected chi connectivity index (χ1v) is 10.3. The Bertz CT molecular complexity index is 841. The summed E-state index contributed by atoms with van der Waals surface area (Å²) in [6, 6.07) is 12.4. The zero-order chi connectivity index (χ0) is 19.1. The average Bonchev–Trinajstić information content (AvgIpc) is 3.37. The largest absolute Gasteiger partial charge is 0.344 e. The van der Waals surface area contributed by atoms with Gasteiger partial charge in [-0.3, -0.25) is 4.79 Å². The molecule has 3 rings (SSSR count). The molecule has 0 saturated carbocycles. The number of rotatable bonds is 9. The number of amides is 1.